The van der Waals surface area contributed by atoms with E-state index in [4.69, 9.17) is 4.55 Å². The highest BCUT2D eigenvalue weighted by Gasteiger charge is 2.15. The van der Waals surface area contributed by atoms with E-state index in [9.17, 15) is 13.8 Å². The van der Waals surface area contributed by atoms with Crippen LogP contribution in [0.25, 0.3) is 0 Å². The summed E-state index contributed by atoms with van der Waals surface area (Å²) in [4.78, 5) is 22.5. The van der Waals surface area contributed by atoms with E-state index in [2.05, 4.69) is 9.47 Å². The van der Waals surface area contributed by atoms with Crippen molar-refractivity contribution in [3.05, 3.63) is 29.3 Å². The predicted molar refractivity (Wildman–Crippen MR) is 58.2 cm³/mol. The second-order valence-electron chi connectivity index (χ2n) is 2.98. The zero-order valence-electron chi connectivity index (χ0n) is 9.13. The number of benzene rings is 1. The topological polar surface area (TPSA) is 89.9 Å². The molecule has 1 N–H and O–H groups in total. The van der Waals surface area contributed by atoms with Gasteiger partial charge in [-0.1, -0.05) is 0 Å². The number of rotatable bonds is 3. The van der Waals surface area contributed by atoms with Crippen molar-refractivity contribution in [3.8, 4) is 0 Å². The van der Waals surface area contributed by atoms with Crippen molar-refractivity contribution in [1.82, 2.24) is 0 Å². The molecule has 1 rings (SSSR count). The fourth-order valence-corrected chi connectivity index (χ4v) is 1.63. The maximum absolute atomic E-state index is 11.3. The molecule has 0 amide bonds. The largest absolute Gasteiger partial charge is 0.465 e. The van der Waals surface area contributed by atoms with E-state index in [0.29, 0.717) is 0 Å². The van der Waals surface area contributed by atoms with Crippen LogP contribution in [0.2, 0.25) is 0 Å². The molecular weight excluding hydrogens is 248 g/mol. The third-order valence-electron chi connectivity index (χ3n) is 1.95. The van der Waals surface area contributed by atoms with E-state index >= 15 is 0 Å². The van der Waals surface area contributed by atoms with Crippen LogP contribution in [-0.2, 0) is 20.6 Å². The first-order valence-electron chi connectivity index (χ1n) is 4.42. The Kier molecular flexibility index (Phi) is 4.36. The van der Waals surface area contributed by atoms with Crippen molar-refractivity contribution in [3.63, 3.8) is 0 Å². The zero-order valence-corrected chi connectivity index (χ0v) is 9.95. The minimum absolute atomic E-state index is 0.00722. The molecule has 0 saturated heterocycles. The first-order chi connectivity index (χ1) is 7.99. The quantitative estimate of drug-likeness (QED) is 0.638. The average molecular weight is 258 g/mol. The molecule has 0 aliphatic rings. The summed E-state index contributed by atoms with van der Waals surface area (Å²) in [7, 11) is 2.34. The van der Waals surface area contributed by atoms with Gasteiger partial charge in [-0.25, -0.2) is 13.8 Å². The number of hydrogen-bond acceptors (Lipinski definition) is 5. The van der Waals surface area contributed by atoms with E-state index in [-0.39, 0.29) is 16.0 Å². The molecule has 1 aromatic rings. The van der Waals surface area contributed by atoms with Crippen LogP contribution >= 0.6 is 0 Å². The van der Waals surface area contributed by atoms with Crippen LogP contribution in [0.5, 0.6) is 0 Å². The van der Waals surface area contributed by atoms with Crippen molar-refractivity contribution >= 4 is 23.0 Å². The van der Waals surface area contributed by atoms with E-state index < -0.39 is 23.0 Å². The number of hydrogen-bond donors (Lipinski definition) is 1. The molecule has 1 aromatic carbocycles. The Morgan fingerprint density at radius 1 is 1.06 bits per heavy atom. The monoisotopic (exact) mass is 258 g/mol. The maximum Gasteiger partial charge on any atom is 0.337 e. The number of esters is 2. The fraction of sp³-hybridized carbons (Fsp3) is 0.200. The summed E-state index contributed by atoms with van der Waals surface area (Å²) >= 11 is -2.30. The van der Waals surface area contributed by atoms with Gasteiger partial charge in [-0.05, 0) is 18.2 Å². The van der Waals surface area contributed by atoms with E-state index in [1.54, 1.807) is 0 Å². The Bertz CT molecular complexity index is 447. The van der Waals surface area contributed by atoms with Gasteiger partial charge in [0.05, 0.1) is 30.2 Å². The molecule has 0 heterocycles. The first-order valence-corrected chi connectivity index (χ1v) is 5.53. The number of carbonyl (C=O) groups is 2. The van der Waals surface area contributed by atoms with Crippen molar-refractivity contribution in [1.29, 1.82) is 0 Å². The van der Waals surface area contributed by atoms with Crippen LogP contribution in [-0.4, -0.2) is 34.9 Å². The molecular formula is C10H10O6S. The van der Waals surface area contributed by atoms with Crippen LogP contribution in [0.3, 0.4) is 0 Å². The Labute approximate surface area is 99.8 Å². The molecule has 0 aromatic heterocycles. The SMILES string of the molecule is COC(=O)c1cc(C(=O)OC)cc(S(=O)O)c1. The van der Waals surface area contributed by atoms with Gasteiger partial charge in [0.25, 0.3) is 0 Å². The summed E-state index contributed by atoms with van der Waals surface area (Å²) in [5, 5.41) is 0. The molecule has 7 heteroatoms. The van der Waals surface area contributed by atoms with E-state index in [1.165, 1.54) is 32.4 Å². The molecule has 1 unspecified atom stereocenters. The third kappa shape index (κ3) is 3.11. The summed E-state index contributed by atoms with van der Waals surface area (Å²) in [6, 6.07) is 3.58. The molecule has 0 bridgehead atoms. The van der Waals surface area contributed by atoms with Crippen molar-refractivity contribution < 1.29 is 27.8 Å². The molecule has 6 nitrogen and oxygen atoms in total. The highest BCUT2D eigenvalue weighted by Crippen LogP contribution is 2.15. The molecule has 92 valence electrons. The highest BCUT2D eigenvalue weighted by atomic mass is 32.2. The van der Waals surface area contributed by atoms with Crippen LogP contribution in [0, 0.1) is 0 Å². The molecule has 17 heavy (non-hydrogen) atoms. The Morgan fingerprint density at radius 3 is 1.76 bits per heavy atom. The van der Waals surface area contributed by atoms with Crippen molar-refractivity contribution in [2.45, 2.75) is 4.90 Å². The number of methoxy groups -OCH3 is 2. The average Bonchev–Trinajstić information content (AvgIpc) is 2.36. The van der Waals surface area contributed by atoms with Crippen LogP contribution in [0.1, 0.15) is 20.7 Å². The molecule has 1 atom stereocenters. The van der Waals surface area contributed by atoms with Crippen LogP contribution < -0.4 is 0 Å². The lowest BCUT2D eigenvalue weighted by atomic mass is 10.1. The lowest BCUT2D eigenvalue weighted by Crippen LogP contribution is -2.08. The van der Waals surface area contributed by atoms with Gasteiger partial charge >= 0.3 is 11.9 Å². The summed E-state index contributed by atoms with van der Waals surface area (Å²) in [6.45, 7) is 0. The summed E-state index contributed by atoms with van der Waals surface area (Å²) in [6.07, 6.45) is 0. The van der Waals surface area contributed by atoms with Gasteiger partial charge < -0.3 is 14.0 Å². The second kappa shape index (κ2) is 5.55. The molecule has 0 aliphatic heterocycles. The van der Waals surface area contributed by atoms with E-state index in [0.717, 1.165) is 0 Å². The second-order valence-corrected chi connectivity index (χ2v) is 3.95. The Morgan fingerprint density at radius 2 is 1.47 bits per heavy atom. The first kappa shape index (κ1) is 13.3. The minimum Gasteiger partial charge on any atom is -0.465 e. The van der Waals surface area contributed by atoms with Gasteiger partial charge in [-0.2, -0.15) is 0 Å². The van der Waals surface area contributed by atoms with Crippen LogP contribution in [0.4, 0.5) is 0 Å². The van der Waals surface area contributed by atoms with Gasteiger partial charge in [0.15, 0.2) is 11.1 Å². The predicted octanol–water partition coefficient (Wildman–Crippen LogP) is 0.840. The summed E-state index contributed by atoms with van der Waals surface area (Å²) in [5.74, 6) is -1.41. The molecule has 0 radical (unpaired) electrons. The minimum atomic E-state index is -2.30. The van der Waals surface area contributed by atoms with Gasteiger partial charge in [0, 0.05) is 0 Å². The van der Waals surface area contributed by atoms with Gasteiger partial charge in [0.2, 0.25) is 0 Å². The fourth-order valence-electron chi connectivity index (χ4n) is 1.17. The third-order valence-corrected chi connectivity index (χ3v) is 2.59. The van der Waals surface area contributed by atoms with Crippen LogP contribution in [0.15, 0.2) is 23.1 Å². The molecule has 0 saturated carbocycles. The molecule has 0 aliphatic carbocycles. The van der Waals surface area contributed by atoms with Crippen molar-refractivity contribution in [2.75, 3.05) is 14.2 Å². The smallest absolute Gasteiger partial charge is 0.337 e. The lowest BCUT2D eigenvalue weighted by molar-refractivity contribution is 0.0598. The van der Waals surface area contributed by atoms with Gasteiger partial charge in [0.1, 0.15) is 0 Å². The Hall–Kier alpha value is -1.73. The summed E-state index contributed by atoms with van der Waals surface area (Å²) < 4.78 is 28.8. The molecule has 0 spiro atoms. The number of ether oxygens (including phenoxy) is 2. The maximum atomic E-state index is 11.3. The summed E-state index contributed by atoms with van der Waals surface area (Å²) in [5.41, 5.74) is 0.0144. The number of carbonyl (C=O) groups excluding carboxylic acids is 2. The highest BCUT2D eigenvalue weighted by molar-refractivity contribution is 7.79. The van der Waals surface area contributed by atoms with Gasteiger partial charge in [-0.15, -0.1) is 0 Å². The zero-order chi connectivity index (χ0) is 13.0. The Balaban J connectivity index is 3.33. The molecule has 0 fully saturated rings. The van der Waals surface area contributed by atoms with Gasteiger partial charge in [-0.3, -0.25) is 0 Å². The lowest BCUT2D eigenvalue weighted by Gasteiger charge is -2.05. The van der Waals surface area contributed by atoms with Crippen molar-refractivity contribution in [2.24, 2.45) is 0 Å². The normalized spacial score (nSPS) is 11.7. The van der Waals surface area contributed by atoms with E-state index in [1.807, 2.05) is 0 Å². The standard InChI is InChI=1S/C10H10O6S/c1-15-9(11)6-3-7(10(12)16-2)5-8(4-6)17(13)14/h3-5H,1-2H3,(H,13,14).